The molecular formula is C11H19NOS. The monoisotopic (exact) mass is 213 g/mol. The van der Waals surface area contributed by atoms with Crippen molar-refractivity contribution in [3.05, 3.63) is 11.8 Å². The molecule has 2 atom stereocenters. The molecule has 2 unspecified atom stereocenters. The molecule has 3 heteroatoms. The summed E-state index contributed by atoms with van der Waals surface area (Å²) in [5.41, 5.74) is 6.21. The molecule has 2 heterocycles. The summed E-state index contributed by atoms with van der Waals surface area (Å²) in [6.07, 6.45) is 8.41. The average molecular weight is 213 g/mol. The van der Waals surface area contributed by atoms with Gasteiger partial charge in [0, 0.05) is 5.25 Å². The summed E-state index contributed by atoms with van der Waals surface area (Å²) in [6.45, 7) is 0.858. The molecule has 2 aliphatic heterocycles. The van der Waals surface area contributed by atoms with Crippen LogP contribution in [0.4, 0.5) is 0 Å². The van der Waals surface area contributed by atoms with E-state index in [-0.39, 0.29) is 6.04 Å². The molecule has 14 heavy (non-hydrogen) atoms. The first-order valence-corrected chi connectivity index (χ1v) is 6.63. The number of hydrogen-bond donors (Lipinski definition) is 1. The van der Waals surface area contributed by atoms with Crippen molar-refractivity contribution in [2.75, 3.05) is 12.4 Å². The van der Waals surface area contributed by atoms with Crippen LogP contribution in [-0.4, -0.2) is 23.7 Å². The smallest absolute Gasteiger partial charge is 0.110 e. The summed E-state index contributed by atoms with van der Waals surface area (Å²) in [7, 11) is 0. The van der Waals surface area contributed by atoms with E-state index < -0.39 is 0 Å². The van der Waals surface area contributed by atoms with Gasteiger partial charge in [0.25, 0.3) is 0 Å². The average Bonchev–Trinajstić information content (AvgIpc) is 2.30. The van der Waals surface area contributed by atoms with E-state index >= 15 is 0 Å². The Morgan fingerprint density at radius 1 is 1.43 bits per heavy atom. The van der Waals surface area contributed by atoms with Crippen LogP contribution in [0.15, 0.2) is 11.8 Å². The highest BCUT2D eigenvalue weighted by atomic mass is 32.2. The van der Waals surface area contributed by atoms with E-state index in [1.54, 1.807) is 0 Å². The van der Waals surface area contributed by atoms with Crippen LogP contribution in [0.1, 0.15) is 32.1 Å². The van der Waals surface area contributed by atoms with Gasteiger partial charge in [-0.2, -0.15) is 11.8 Å². The quantitative estimate of drug-likeness (QED) is 0.764. The molecule has 0 saturated carbocycles. The largest absolute Gasteiger partial charge is 0.497 e. The number of allylic oxidation sites excluding steroid dienone is 1. The van der Waals surface area contributed by atoms with Gasteiger partial charge in [0.2, 0.25) is 0 Å². The predicted octanol–water partition coefficient (Wildman–Crippen LogP) is 2.29. The number of rotatable bonds is 2. The van der Waals surface area contributed by atoms with Gasteiger partial charge >= 0.3 is 0 Å². The van der Waals surface area contributed by atoms with Gasteiger partial charge in [-0.15, -0.1) is 0 Å². The molecule has 0 aliphatic carbocycles. The van der Waals surface area contributed by atoms with Crippen LogP contribution in [0.25, 0.3) is 0 Å². The molecule has 80 valence electrons. The highest BCUT2D eigenvalue weighted by Crippen LogP contribution is 2.30. The molecule has 0 radical (unpaired) electrons. The van der Waals surface area contributed by atoms with E-state index in [0.29, 0.717) is 5.25 Å². The zero-order valence-corrected chi connectivity index (χ0v) is 9.39. The summed E-state index contributed by atoms with van der Waals surface area (Å²) in [6, 6.07) is 0.139. The molecule has 2 aliphatic rings. The molecule has 2 rings (SSSR count). The molecule has 0 bridgehead atoms. The lowest BCUT2D eigenvalue weighted by molar-refractivity contribution is 0.174. The predicted molar refractivity (Wildman–Crippen MR) is 61.3 cm³/mol. The van der Waals surface area contributed by atoms with Gasteiger partial charge in [-0.05, 0) is 37.5 Å². The summed E-state index contributed by atoms with van der Waals surface area (Å²) < 4.78 is 5.62. The lowest BCUT2D eigenvalue weighted by atomic mass is 10.0. The fourth-order valence-corrected chi connectivity index (χ4v) is 3.39. The minimum atomic E-state index is 0.139. The van der Waals surface area contributed by atoms with Gasteiger partial charge in [0.05, 0.1) is 12.6 Å². The molecule has 0 aromatic rings. The van der Waals surface area contributed by atoms with Gasteiger partial charge < -0.3 is 10.5 Å². The maximum atomic E-state index is 6.21. The van der Waals surface area contributed by atoms with E-state index in [1.165, 1.54) is 25.0 Å². The summed E-state index contributed by atoms with van der Waals surface area (Å²) in [5, 5.41) is 0.591. The zero-order chi connectivity index (χ0) is 9.80. The fraction of sp³-hybridized carbons (Fsp3) is 0.818. The molecular weight excluding hydrogens is 194 g/mol. The molecule has 0 aromatic carbocycles. The highest BCUT2D eigenvalue weighted by molar-refractivity contribution is 8.00. The van der Waals surface area contributed by atoms with E-state index in [2.05, 4.69) is 6.08 Å². The van der Waals surface area contributed by atoms with Crippen LogP contribution >= 0.6 is 11.8 Å². The van der Waals surface area contributed by atoms with Crippen molar-refractivity contribution >= 4 is 11.8 Å². The summed E-state index contributed by atoms with van der Waals surface area (Å²) >= 11 is 2.02. The third kappa shape index (κ3) is 2.45. The normalized spacial score (nSPS) is 30.4. The van der Waals surface area contributed by atoms with Gasteiger partial charge in [-0.3, -0.25) is 0 Å². The maximum Gasteiger partial charge on any atom is 0.110 e. The van der Waals surface area contributed by atoms with E-state index in [4.69, 9.17) is 10.5 Å². The molecule has 0 aromatic heterocycles. The highest BCUT2D eigenvalue weighted by Gasteiger charge is 2.25. The van der Waals surface area contributed by atoms with Crippen molar-refractivity contribution in [2.45, 2.75) is 43.4 Å². The second-order valence-corrected chi connectivity index (χ2v) is 5.38. The number of nitrogens with two attached hydrogens (primary N) is 1. The second-order valence-electron chi connectivity index (χ2n) is 4.03. The van der Waals surface area contributed by atoms with Crippen molar-refractivity contribution in [3.63, 3.8) is 0 Å². The van der Waals surface area contributed by atoms with Crippen molar-refractivity contribution < 1.29 is 4.74 Å². The van der Waals surface area contributed by atoms with Crippen molar-refractivity contribution in [2.24, 2.45) is 5.73 Å². The first-order chi connectivity index (χ1) is 6.88. The van der Waals surface area contributed by atoms with Crippen LogP contribution in [-0.2, 0) is 4.74 Å². The van der Waals surface area contributed by atoms with Crippen molar-refractivity contribution in [1.29, 1.82) is 0 Å². The van der Waals surface area contributed by atoms with Gasteiger partial charge in [-0.1, -0.05) is 6.42 Å². The summed E-state index contributed by atoms with van der Waals surface area (Å²) in [5.74, 6) is 2.32. The van der Waals surface area contributed by atoms with Crippen LogP contribution in [0.5, 0.6) is 0 Å². The Hall–Kier alpha value is -0.150. The topological polar surface area (TPSA) is 35.2 Å². The minimum Gasteiger partial charge on any atom is -0.497 e. The number of hydrogen-bond acceptors (Lipinski definition) is 3. The number of thioether (sulfide) groups is 1. The Bertz CT molecular complexity index is 211. The Kier molecular flexibility index (Phi) is 3.76. The van der Waals surface area contributed by atoms with Crippen LogP contribution in [0.3, 0.4) is 0 Å². The second kappa shape index (κ2) is 5.08. The first kappa shape index (κ1) is 10.4. The van der Waals surface area contributed by atoms with Gasteiger partial charge in [-0.25, -0.2) is 0 Å². The maximum absolute atomic E-state index is 6.21. The summed E-state index contributed by atoms with van der Waals surface area (Å²) in [4.78, 5) is 0. The fourth-order valence-electron chi connectivity index (χ4n) is 2.04. The van der Waals surface area contributed by atoms with E-state index in [1.807, 2.05) is 11.8 Å². The third-order valence-corrected chi connectivity index (χ3v) is 4.39. The lowest BCUT2D eigenvalue weighted by Crippen LogP contribution is -2.37. The van der Waals surface area contributed by atoms with E-state index in [9.17, 15) is 0 Å². The van der Waals surface area contributed by atoms with Crippen LogP contribution in [0.2, 0.25) is 0 Å². The van der Waals surface area contributed by atoms with Gasteiger partial charge in [0.1, 0.15) is 5.76 Å². The molecule has 1 saturated heterocycles. The molecule has 2 N–H and O–H groups in total. The third-order valence-electron chi connectivity index (χ3n) is 2.91. The Morgan fingerprint density at radius 2 is 2.36 bits per heavy atom. The van der Waals surface area contributed by atoms with Gasteiger partial charge in [0.15, 0.2) is 0 Å². The van der Waals surface area contributed by atoms with Crippen LogP contribution < -0.4 is 5.73 Å². The molecule has 1 fully saturated rings. The standard InChI is InChI=1S/C11H19NOS/c12-11(9-5-1-3-7-13-9)10-6-2-4-8-14-10/h5,10-11H,1-4,6-8,12H2. The SMILES string of the molecule is NC(C1=CCCCO1)C1CCCCS1. The van der Waals surface area contributed by atoms with Crippen molar-refractivity contribution in [1.82, 2.24) is 0 Å². The Balaban J connectivity index is 1.91. The zero-order valence-electron chi connectivity index (χ0n) is 8.58. The Morgan fingerprint density at radius 3 is 3.00 bits per heavy atom. The van der Waals surface area contributed by atoms with E-state index in [0.717, 1.165) is 25.2 Å². The Labute approximate surface area is 90.3 Å². The number of ether oxygens (including phenoxy) is 1. The molecule has 2 nitrogen and oxygen atoms in total. The first-order valence-electron chi connectivity index (χ1n) is 5.58. The lowest BCUT2D eigenvalue weighted by Gasteiger charge is -2.29. The van der Waals surface area contributed by atoms with Crippen LogP contribution in [0, 0.1) is 0 Å². The van der Waals surface area contributed by atoms with Crippen molar-refractivity contribution in [3.8, 4) is 0 Å². The molecule has 0 amide bonds. The molecule has 0 spiro atoms. The minimum absolute atomic E-state index is 0.139.